The Balaban J connectivity index is 0.000000320. The third-order valence-corrected chi connectivity index (χ3v) is 11.6. The minimum Gasteiger partial charge on any atom is -0.480 e. The van der Waals surface area contributed by atoms with Crippen molar-refractivity contribution in [2.75, 3.05) is 0 Å². The molecule has 34 heteroatoms. The normalized spacial score (nSPS) is 12.0. The summed E-state index contributed by atoms with van der Waals surface area (Å²) in [6, 6.07) is 19.3. The number of nitriles is 4. The van der Waals surface area contributed by atoms with Crippen molar-refractivity contribution in [1.82, 2.24) is 102 Å². The number of esters is 2. The molecule has 82 heavy (non-hydrogen) atoms. The maximum absolute atomic E-state index is 13.4. The van der Waals surface area contributed by atoms with Crippen molar-refractivity contribution in [2.24, 2.45) is 0 Å². The van der Waals surface area contributed by atoms with E-state index in [0.717, 1.165) is 11.1 Å². The maximum Gasteiger partial charge on any atom is 0.329 e. The molecule has 428 valence electrons. The van der Waals surface area contributed by atoms with Crippen LogP contribution in [0.4, 0.5) is 9.59 Å². The molecule has 6 aromatic rings. The van der Waals surface area contributed by atoms with E-state index in [0.29, 0.717) is 23.3 Å². The third-order valence-electron chi connectivity index (χ3n) is 11.6. The summed E-state index contributed by atoms with van der Waals surface area (Å²) in [5, 5.41) is 109. The molecule has 0 bridgehead atoms. The second-order valence-corrected chi connectivity index (χ2v) is 17.4. The van der Waals surface area contributed by atoms with Gasteiger partial charge in [0.25, 0.3) is 0 Å². The first-order valence-electron chi connectivity index (χ1n) is 25.3. The minimum atomic E-state index is -1.34. The monoisotopic (exact) mass is 1130 g/mol. The van der Waals surface area contributed by atoms with Gasteiger partial charge in [-0.15, -0.1) is 20.4 Å². The molecule has 4 aromatic heterocycles. The van der Waals surface area contributed by atoms with Crippen LogP contribution < -0.4 is 21.3 Å². The molecule has 0 unspecified atom stereocenters. The van der Waals surface area contributed by atoms with Crippen LogP contribution in [0, 0.1) is 45.3 Å². The molecular weight excluding hydrogens is 1070 g/mol. The van der Waals surface area contributed by atoms with Crippen molar-refractivity contribution in [3.63, 3.8) is 0 Å². The van der Waals surface area contributed by atoms with Gasteiger partial charge in [0, 0.05) is 25.7 Å². The van der Waals surface area contributed by atoms with Crippen molar-refractivity contribution >= 4 is 35.9 Å². The van der Waals surface area contributed by atoms with Gasteiger partial charge >= 0.3 is 35.9 Å². The van der Waals surface area contributed by atoms with Gasteiger partial charge in [-0.25, -0.2) is 47.5 Å². The summed E-state index contributed by atoms with van der Waals surface area (Å²) in [4.78, 5) is 75.3. The van der Waals surface area contributed by atoms with Crippen LogP contribution in [-0.4, -0.2) is 151 Å². The summed E-state index contributed by atoms with van der Waals surface area (Å²) in [6.45, 7) is 0.975. The Morgan fingerprint density at radius 1 is 0.439 bits per heavy atom. The maximum atomic E-state index is 13.4. The molecule has 6 rings (SSSR count). The lowest BCUT2D eigenvalue weighted by atomic mass is 10.1. The highest BCUT2D eigenvalue weighted by Gasteiger charge is 2.29. The van der Waals surface area contributed by atoms with Crippen LogP contribution >= 0.6 is 0 Å². The van der Waals surface area contributed by atoms with E-state index in [-0.39, 0.29) is 116 Å². The molecule has 0 spiro atoms. The number of benzene rings is 2. The lowest BCUT2D eigenvalue weighted by molar-refractivity contribution is -0.147. The first-order valence-corrected chi connectivity index (χ1v) is 25.3. The number of nitrogens with zero attached hydrogens (tertiary/aromatic N) is 20. The topological polar surface area (TPSA) is 479 Å². The molecule has 4 amide bonds. The Bertz CT molecular complexity index is 2970. The third kappa shape index (κ3) is 21.1. The highest BCUT2D eigenvalue weighted by atomic mass is 16.5. The number of carbonyl (C=O) groups is 6. The zero-order chi connectivity index (χ0) is 58.9. The van der Waals surface area contributed by atoms with Gasteiger partial charge in [-0.3, -0.25) is 0 Å². The fourth-order valence-electron chi connectivity index (χ4n) is 7.41. The standard InChI is InChI=1S/C31H34N12O5.C17H22N12O5/c32-17-7-19-42-27(36-38-40-42)15-13-25(29(44)47-21-23-9-3-1-4-10-23)34-31(46)35-26(30(45)48-22-24-11-5-2-6-12-24)14-16-28-37-39-41-43(28)20-8-18-33;18-7-1-9-28-13(22-24-26-28)5-3-11(15(30)31)20-17(34)21-12(16(32)33)4-6-14-23-25-27-29(14)10-2-8-19/h1-6,9-12,25-26H,7-8,13-16,19-22H2,(H2,34,35,46);11-12H,1-6,9-10H2,(H,30,31)(H,32,33)(H2,20,21,34)/t25-,26-;11-,12-/m00/s1. The van der Waals surface area contributed by atoms with Crippen LogP contribution in [0.25, 0.3) is 0 Å². The molecule has 0 radical (unpaired) electrons. The molecule has 0 aliphatic rings. The number of aromatic nitrogens is 16. The van der Waals surface area contributed by atoms with Crippen LogP contribution in [-0.2, 0) is 93.7 Å². The Labute approximate surface area is 466 Å². The van der Waals surface area contributed by atoms with Gasteiger partial charge < -0.3 is 41.0 Å². The molecule has 4 heterocycles. The van der Waals surface area contributed by atoms with Crippen LogP contribution in [0.5, 0.6) is 0 Å². The predicted octanol–water partition coefficient (Wildman–Crippen LogP) is -0.166. The molecule has 4 atom stereocenters. The number of carboxylic acids is 2. The van der Waals surface area contributed by atoms with Gasteiger partial charge in [0.1, 0.15) is 37.4 Å². The van der Waals surface area contributed by atoms with Crippen molar-refractivity contribution in [3.05, 3.63) is 95.1 Å². The first kappa shape index (κ1) is 61.9. The SMILES string of the molecule is N#CCCn1nnnc1CC[C@H](NC(=O)N[C@@H](CCc1nnnn1CCC#N)C(=O)O)C(=O)O.N#CCCn1nnnc1CC[C@H](NC(=O)N[C@@H](CCc1nnnn1CCC#N)C(=O)OCc1ccccc1)C(=O)OCc1ccccc1. The zero-order valence-corrected chi connectivity index (χ0v) is 43.9. The summed E-state index contributed by atoms with van der Waals surface area (Å²) < 4.78 is 16.7. The fourth-order valence-corrected chi connectivity index (χ4v) is 7.41. The number of hydrogen-bond acceptors (Lipinski definition) is 24. The molecular formula is C48H56N24O10. The molecule has 0 saturated heterocycles. The Hall–Kier alpha value is -10.9. The average Bonchev–Trinajstić information content (AvgIpc) is 4.37. The van der Waals surface area contributed by atoms with Gasteiger partial charge in [-0.05, 0) is 78.5 Å². The van der Waals surface area contributed by atoms with Crippen LogP contribution in [0.1, 0.15) is 85.8 Å². The summed E-state index contributed by atoms with van der Waals surface area (Å²) in [6.07, 6.45) is 1.26. The van der Waals surface area contributed by atoms with Crippen LogP contribution in [0.15, 0.2) is 60.7 Å². The largest absolute Gasteiger partial charge is 0.480 e. The van der Waals surface area contributed by atoms with E-state index < -0.39 is 60.1 Å². The van der Waals surface area contributed by atoms with Gasteiger partial charge in [0.05, 0.1) is 76.1 Å². The van der Waals surface area contributed by atoms with Crippen molar-refractivity contribution in [2.45, 2.75) is 141 Å². The van der Waals surface area contributed by atoms with E-state index in [2.05, 4.69) is 83.4 Å². The number of amides is 4. The lowest BCUT2D eigenvalue weighted by Gasteiger charge is -2.21. The molecule has 0 fully saturated rings. The lowest BCUT2D eigenvalue weighted by Crippen LogP contribution is -2.52. The van der Waals surface area contributed by atoms with E-state index in [1.165, 1.54) is 18.7 Å². The summed E-state index contributed by atoms with van der Waals surface area (Å²) in [7, 11) is 0. The number of rotatable bonds is 32. The molecule has 2 aromatic carbocycles. The quantitative estimate of drug-likeness (QED) is 0.0299. The number of tetrazole rings is 4. The van der Waals surface area contributed by atoms with Crippen LogP contribution in [0.3, 0.4) is 0 Å². The van der Waals surface area contributed by atoms with E-state index in [1.807, 2.05) is 60.7 Å². The van der Waals surface area contributed by atoms with Crippen LogP contribution in [0.2, 0.25) is 0 Å². The number of aryl methyl sites for hydroxylation is 8. The number of aliphatic carboxylic acids is 2. The second-order valence-electron chi connectivity index (χ2n) is 17.4. The molecule has 6 N–H and O–H groups in total. The Morgan fingerprint density at radius 3 is 0.976 bits per heavy atom. The van der Waals surface area contributed by atoms with Gasteiger partial charge in [0.15, 0.2) is 23.3 Å². The highest BCUT2D eigenvalue weighted by Crippen LogP contribution is 2.12. The van der Waals surface area contributed by atoms with E-state index in [4.69, 9.17) is 30.5 Å². The predicted molar refractivity (Wildman–Crippen MR) is 272 cm³/mol. The molecule has 0 saturated carbocycles. The number of ether oxygens (including phenoxy) is 2. The molecule has 0 aliphatic carbocycles. The average molecular weight is 1130 g/mol. The highest BCUT2D eigenvalue weighted by molar-refractivity contribution is 5.87. The van der Waals surface area contributed by atoms with E-state index in [9.17, 15) is 39.0 Å². The number of carbonyl (C=O) groups excluding carboxylic acids is 4. The fraction of sp³-hybridized carbons (Fsp3) is 0.458. The summed E-state index contributed by atoms with van der Waals surface area (Å²) in [5.41, 5.74) is 1.51. The number of nitrogens with one attached hydrogen (secondary N) is 4. The molecule has 0 aliphatic heterocycles. The number of hydrogen-bond donors (Lipinski definition) is 6. The molecule has 34 nitrogen and oxygen atoms in total. The second kappa shape index (κ2) is 34.1. The van der Waals surface area contributed by atoms with Gasteiger partial charge in [-0.2, -0.15) is 21.0 Å². The van der Waals surface area contributed by atoms with E-state index >= 15 is 0 Å². The van der Waals surface area contributed by atoms with Crippen molar-refractivity contribution in [1.29, 1.82) is 21.0 Å². The van der Waals surface area contributed by atoms with Crippen molar-refractivity contribution < 1.29 is 48.5 Å². The smallest absolute Gasteiger partial charge is 0.329 e. The summed E-state index contributed by atoms with van der Waals surface area (Å²) in [5.74, 6) is -2.52. The zero-order valence-electron chi connectivity index (χ0n) is 43.9. The Kier molecular flexibility index (Phi) is 25.7. The van der Waals surface area contributed by atoms with E-state index in [1.54, 1.807) is 24.3 Å². The van der Waals surface area contributed by atoms with Gasteiger partial charge in [-0.1, -0.05) is 60.7 Å². The first-order chi connectivity index (χ1) is 39.8. The Morgan fingerprint density at radius 2 is 0.707 bits per heavy atom. The number of urea groups is 2. The minimum absolute atomic E-state index is 0.0195. The summed E-state index contributed by atoms with van der Waals surface area (Å²) >= 11 is 0. The van der Waals surface area contributed by atoms with Gasteiger partial charge in [0.2, 0.25) is 0 Å². The number of carboxylic acid groups (broad SMARTS) is 2. The van der Waals surface area contributed by atoms with Crippen molar-refractivity contribution in [3.8, 4) is 24.3 Å².